The number of halogens is 2. The lowest BCUT2D eigenvalue weighted by Crippen LogP contribution is -2.50. The highest BCUT2D eigenvalue weighted by molar-refractivity contribution is 7.90. The predicted octanol–water partition coefficient (Wildman–Crippen LogP) is 4.97. The molecule has 11 nitrogen and oxygen atoms in total. The van der Waals surface area contributed by atoms with Gasteiger partial charge in [-0.3, -0.25) is 4.68 Å². The summed E-state index contributed by atoms with van der Waals surface area (Å²) in [6.45, 7) is 8.90. The monoisotopic (exact) mass is 627 g/mol. The number of hydrogen-bond donors (Lipinski definition) is 1. The molecule has 0 aliphatic carbocycles. The van der Waals surface area contributed by atoms with E-state index in [2.05, 4.69) is 24.4 Å². The van der Waals surface area contributed by atoms with Crippen molar-refractivity contribution in [3.8, 4) is 11.3 Å². The third-order valence-electron chi connectivity index (χ3n) is 8.91. The lowest BCUT2D eigenvalue weighted by atomic mass is 9.73. The highest BCUT2D eigenvalue weighted by Gasteiger charge is 2.51. The van der Waals surface area contributed by atoms with Crippen molar-refractivity contribution in [1.29, 1.82) is 0 Å². The Kier molecular flexibility index (Phi) is 7.36. The Bertz CT molecular complexity index is 1640. The minimum atomic E-state index is -1.21. The molecule has 228 valence electrons. The van der Waals surface area contributed by atoms with Crippen LogP contribution in [0.2, 0.25) is 5.02 Å². The van der Waals surface area contributed by atoms with E-state index in [-0.39, 0.29) is 27.5 Å². The van der Waals surface area contributed by atoms with Gasteiger partial charge in [-0.2, -0.15) is 14.6 Å². The fraction of sp³-hybridized carbons (Fsp3) is 0.552. The highest BCUT2D eigenvalue weighted by Crippen LogP contribution is 2.50. The van der Waals surface area contributed by atoms with Gasteiger partial charge < -0.3 is 14.2 Å². The summed E-state index contributed by atoms with van der Waals surface area (Å²) in [6, 6.07) is 3.62. The average Bonchev–Trinajstić information content (AvgIpc) is 3.68. The van der Waals surface area contributed by atoms with Crippen LogP contribution in [-0.2, 0) is 22.6 Å². The van der Waals surface area contributed by atoms with Crippen LogP contribution in [0.3, 0.4) is 0 Å². The molecule has 7 heterocycles. The molecule has 3 aliphatic heterocycles. The number of nitrogens with zero attached hydrogens (tertiary/aromatic N) is 8. The number of hydrogen-bond acceptors (Lipinski definition) is 9. The summed E-state index contributed by atoms with van der Waals surface area (Å²) < 4.78 is 40.5. The van der Waals surface area contributed by atoms with Crippen molar-refractivity contribution in [3.63, 3.8) is 0 Å². The Morgan fingerprint density at radius 2 is 1.98 bits per heavy atom. The maximum atomic E-state index is 14.3. The molecule has 3 aliphatic rings. The van der Waals surface area contributed by atoms with Crippen molar-refractivity contribution >= 4 is 39.9 Å². The Hall–Kier alpha value is -2.84. The van der Waals surface area contributed by atoms with Gasteiger partial charge in [-0.15, -0.1) is 4.72 Å². The molecule has 0 aromatic carbocycles. The molecule has 2 fully saturated rings. The van der Waals surface area contributed by atoms with Crippen LogP contribution < -0.4 is 9.62 Å². The summed E-state index contributed by atoms with van der Waals surface area (Å²) in [6.07, 6.45) is 9.21. The number of rotatable bonds is 5. The number of anilines is 1. The minimum Gasteiger partial charge on any atom is -0.598 e. The molecule has 43 heavy (non-hydrogen) atoms. The molecule has 2 saturated heterocycles. The second-order valence-corrected chi connectivity index (χ2v) is 15.0. The Morgan fingerprint density at radius 3 is 2.72 bits per heavy atom. The SMILES string of the molecule is CC(C)(C)[S+]([O-])N[C@@H]1c2ccnn2CC12CCN(c1cnc3c(-c4ccnc(F)c4Cl)nn([C@H]4CCCCO4)c3n1)CC2. The van der Waals surface area contributed by atoms with E-state index in [0.717, 1.165) is 63.3 Å². The Balaban J connectivity index is 1.19. The quantitative estimate of drug-likeness (QED) is 0.241. The number of aromatic nitrogens is 7. The van der Waals surface area contributed by atoms with Gasteiger partial charge in [0.15, 0.2) is 11.9 Å². The molecular formula is C29H35ClFN9O2S. The normalized spacial score (nSPS) is 22.8. The third-order valence-corrected chi connectivity index (χ3v) is 10.8. The number of fused-ring (bicyclic) bond motifs is 2. The Morgan fingerprint density at radius 1 is 1.16 bits per heavy atom. The van der Waals surface area contributed by atoms with Crippen molar-refractivity contribution in [2.24, 2.45) is 5.41 Å². The van der Waals surface area contributed by atoms with E-state index in [4.69, 9.17) is 31.4 Å². The van der Waals surface area contributed by atoms with Gasteiger partial charge in [0.2, 0.25) is 5.95 Å². The molecule has 1 spiro atoms. The van der Waals surface area contributed by atoms with Crippen LogP contribution in [0.1, 0.15) is 70.8 Å². The predicted molar refractivity (Wildman–Crippen MR) is 162 cm³/mol. The van der Waals surface area contributed by atoms with Crippen LogP contribution in [0, 0.1) is 11.4 Å². The van der Waals surface area contributed by atoms with E-state index in [9.17, 15) is 8.94 Å². The van der Waals surface area contributed by atoms with E-state index in [0.29, 0.717) is 29.0 Å². The second kappa shape index (κ2) is 11.0. The first-order valence-corrected chi connectivity index (χ1v) is 16.3. The van der Waals surface area contributed by atoms with Gasteiger partial charge in [-0.25, -0.2) is 19.6 Å². The molecule has 0 amide bonds. The fourth-order valence-electron chi connectivity index (χ4n) is 6.47. The van der Waals surface area contributed by atoms with E-state index in [1.807, 2.05) is 33.0 Å². The number of pyridine rings is 1. The van der Waals surface area contributed by atoms with Gasteiger partial charge >= 0.3 is 0 Å². The minimum absolute atomic E-state index is 0.0521. The van der Waals surface area contributed by atoms with E-state index >= 15 is 0 Å². The highest BCUT2D eigenvalue weighted by atomic mass is 35.5. The van der Waals surface area contributed by atoms with E-state index < -0.39 is 17.3 Å². The van der Waals surface area contributed by atoms with Gasteiger partial charge in [0.25, 0.3) is 0 Å². The zero-order chi connectivity index (χ0) is 29.9. The summed E-state index contributed by atoms with van der Waals surface area (Å²) in [5.41, 5.74) is 2.96. The van der Waals surface area contributed by atoms with Crippen molar-refractivity contribution in [2.45, 2.75) is 76.4 Å². The molecule has 0 bridgehead atoms. The first-order valence-electron chi connectivity index (χ1n) is 14.8. The smallest absolute Gasteiger partial charge is 0.232 e. The fourth-order valence-corrected chi connectivity index (χ4v) is 7.61. The van der Waals surface area contributed by atoms with Crippen molar-refractivity contribution in [1.82, 2.24) is 39.2 Å². The molecule has 0 radical (unpaired) electrons. The van der Waals surface area contributed by atoms with Crippen LogP contribution in [0.5, 0.6) is 0 Å². The van der Waals surface area contributed by atoms with Crippen molar-refractivity contribution in [3.05, 3.63) is 47.4 Å². The third kappa shape index (κ3) is 5.08. The van der Waals surface area contributed by atoms with Crippen LogP contribution in [0.4, 0.5) is 10.2 Å². The van der Waals surface area contributed by atoms with Crippen LogP contribution in [0.25, 0.3) is 22.4 Å². The standard InChI is InChI=1S/C29H35ClFN9O2S/c1-28(2,3)43(41)37-25-19-8-12-34-39(19)17-29(25)9-13-38(14-10-29)20-16-33-24-23(18-7-11-32-26(31)22(18)30)36-40(27(24)35-20)21-6-4-5-15-42-21/h7-8,11-12,16,21,25,37H,4-6,9-10,13-15,17H2,1-3H3/t21-,25-,43?/m1/s1. The lowest BCUT2D eigenvalue weighted by Gasteiger charge is -2.43. The summed E-state index contributed by atoms with van der Waals surface area (Å²) in [7, 11) is 0. The summed E-state index contributed by atoms with van der Waals surface area (Å²) >= 11 is 5.11. The number of ether oxygens (including phenoxy) is 1. The Labute approximate surface area is 257 Å². The van der Waals surface area contributed by atoms with Gasteiger partial charge in [0, 0.05) is 61.0 Å². The zero-order valence-electron chi connectivity index (χ0n) is 24.5. The van der Waals surface area contributed by atoms with Crippen molar-refractivity contribution < 1.29 is 13.7 Å². The van der Waals surface area contributed by atoms with Crippen LogP contribution in [-0.4, -0.2) is 63.5 Å². The first kappa shape index (κ1) is 28.9. The molecule has 1 N–H and O–H groups in total. The topological polar surface area (TPSA) is 122 Å². The molecule has 7 rings (SSSR count). The lowest BCUT2D eigenvalue weighted by molar-refractivity contribution is -0.0368. The van der Waals surface area contributed by atoms with Crippen molar-refractivity contribution in [2.75, 3.05) is 24.6 Å². The number of piperidine rings is 1. The first-order chi connectivity index (χ1) is 20.6. The van der Waals surface area contributed by atoms with Gasteiger partial charge in [0.05, 0.1) is 11.9 Å². The average molecular weight is 628 g/mol. The summed E-state index contributed by atoms with van der Waals surface area (Å²) in [5.74, 6) is -0.00746. The van der Waals surface area contributed by atoms with E-state index in [1.165, 1.54) is 6.20 Å². The summed E-state index contributed by atoms with van der Waals surface area (Å²) in [4.78, 5) is 15.8. The van der Waals surface area contributed by atoms with Gasteiger partial charge in [-0.05, 0) is 65.0 Å². The molecule has 4 aromatic rings. The molecular weight excluding hydrogens is 593 g/mol. The largest absolute Gasteiger partial charge is 0.598 e. The van der Waals surface area contributed by atoms with E-state index in [1.54, 1.807) is 16.9 Å². The van der Waals surface area contributed by atoms with Crippen LogP contribution >= 0.6 is 11.6 Å². The van der Waals surface area contributed by atoms with Crippen LogP contribution in [0.15, 0.2) is 30.7 Å². The maximum Gasteiger partial charge on any atom is 0.232 e. The molecule has 3 atom stereocenters. The van der Waals surface area contributed by atoms with Gasteiger partial charge in [0.1, 0.15) is 32.8 Å². The molecule has 4 aromatic heterocycles. The molecule has 1 unspecified atom stereocenters. The molecule has 0 saturated carbocycles. The van der Waals surface area contributed by atoms with Gasteiger partial charge in [-0.1, -0.05) is 11.6 Å². The molecule has 14 heteroatoms. The summed E-state index contributed by atoms with van der Waals surface area (Å²) in [5, 5.41) is 9.28. The maximum absolute atomic E-state index is 14.3. The zero-order valence-corrected chi connectivity index (χ0v) is 26.0. The second-order valence-electron chi connectivity index (χ2n) is 12.7. The number of nitrogens with one attached hydrogen (secondary N) is 1.